The summed E-state index contributed by atoms with van der Waals surface area (Å²) >= 11 is 1.90. The maximum absolute atomic E-state index is 12.2. The maximum Gasteiger partial charge on any atom is 0.315 e. The van der Waals surface area contributed by atoms with Crippen LogP contribution in [-0.4, -0.2) is 49.2 Å². The molecule has 3 amide bonds. The fraction of sp³-hybridized carbons (Fsp3) is 0.556. The molecule has 1 aromatic rings. The quantitative estimate of drug-likeness (QED) is 0.477. The van der Waals surface area contributed by atoms with Gasteiger partial charge in [-0.2, -0.15) is 11.8 Å². The number of carbonyl (C=O) groups excluding carboxylic acids is 2. The molecular formula is C18H25N3O4S. The Hall–Kier alpha value is -2.09. The molecule has 1 aromatic carbocycles. The van der Waals surface area contributed by atoms with E-state index in [1.165, 1.54) is 0 Å². The largest absolute Gasteiger partial charge is 0.497 e. The number of urea groups is 1. The van der Waals surface area contributed by atoms with Crippen LogP contribution in [0.3, 0.4) is 0 Å². The SMILES string of the molecule is COc1cc(NC(=O)CCCC[C@@H]2SC[C@@H]3NC(=O)N[C@@H]32)cc(OC)c1. The van der Waals surface area contributed by atoms with Gasteiger partial charge in [0, 0.05) is 41.3 Å². The predicted molar refractivity (Wildman–Crippen MR) is 102 cm³/mol. The summed E-state index contributed by atoms with van der Waals surface area (Å²) in [5, 5.41) is 9.27. The van der Waals surface area contributed by atoms with Gasteiger partial charge in [-0.15, -0.1) is 0 Å². The summed E-state index contributed by atoms with van der Waals surface area (Å²) in [5.74, 6) is 2.22. The van der Waals surface area contributed by atoms with Gasteiger partial charge in [0.25, 0.3) is 0 Å². The van der Waals surface area contributed by atoms with Crippen LogP contribution in [0.15, 0.2) is 18.2 Å². The molecule has 0 radical (unpaired) electrons. The number of amides is 3. The van der Waals surface area contributed by atoms with Crippen molar-refractivity contribution in [2.75, 3.05) is 25.3 Å². The molecule has 8 heteroatoms. The molecule has 0 aliphatic carbocycles. The van der Waals surface area contributed by atoms with Gasteiger partial charge in [0.15, 0.2) is 0 Å². The van der Waals surface area contributed by atoms with Crippen LogP contribution in [0.1, 0.15) is 25.7 Å². The Kier molecular flexibility index (Phi) is 6.13. The average Bonchev–Trinajstić information content (AvgIpc) is 3.17. The summed E-state index contributed by atoms with van der Waals surface area (Å²) in [7, 11) is 3.16. The number of fused-ring (bicyclic) bond motifs is 1. The lowest BCUT2D eigenvalue weighted by molar-refractivity contribution is -0.116. The first-order chi connectivity index (χ1) is 12.6. The van der Waals surface area contributed by atoms with Crippen molar-refractivity contribution in [1.82, 2.24) is 10.6 Å². The standard InChI is InChI=1S/C18H25N3O4S/c1-24-12-7-11(8-13(9-12)25-2)19-16(22)6-4-3-5-15-17-14(10-26-15)20-18(23)21-17/h7-9,14-15,17H,3-6,10H2,1-2H3,(H,19,22)(H2,20,21,23)/t14-,15-,17-/m0/s1. The number of carbonyl (C=O) groups is 2. The number of ether oxygens (including phenoxy) is 2. The Morgan fingerprint density at radius 2 is 1.92 bits per heavy atom. The molecule has 2 fully saturated rings. The third-order valence-electron chi connectivity index (χ3n) is 4.72. The summed E-state index contributed by atoms with van der Waals surface area (Å²) < 4.78 is 10.4. The van der Waals surface area contributed by atoms with E-state index in [2.05, 4.69) is 16.0 Å². The number of hydrogen-bond donors (Lipinski definition) is 3. The van der Waals surface area contributed by atoms with Gasteiger partial charge in [0.05, 0.1) is 26.3 Å². The molecule has 2 heterocycles. The molecule has 0 bridgehead atoms. The number of hydrogen-bond acceptors (Lipinski definition) is 5. The highest BCUT2D eigenvalue weighted by atomic mass is 32.2. The van der Waals surface area contributed by atoms with E-state index < -0.39 is 0 Å². The van der Waals surface area contributed by atoms with E-state index in [0.717, 1.165) is 25.0 Å². The van der Waals surface area contributed by atoms with E-state index in [9.17, 15) is 9.59 Å². The van der Waals surface area contributed by atoms with E-state index in [1.54, 1.807) is 32.4 Å². The first-order valence-electron chi connectivity index (χ1n) is 8.80. The second-order valence-corrected chi connectivity index (χ2v) is 7.79. The molecule has 7 nitrogen and oxygen atoms in total. The highest BCUT2D eigenvalue weighted by Crippen LogP contribution is 2.33. The highest BCUT2D eigenvalue weighted by molar-refractivity contribution is 8.00. The minimum Gasteiger partial charge on any atom is -0.497 e. The lowest BCUT2D eigenvalue weighted by Crippen LogP contribution is -2.36. The first kappa shape index (κ1) is 18.7. The summed E-state index contributed by atoms with van der Waals surface area (Å²) in [6.45, 7) is 0. The fourth-order valence-electron chi connectivity index (χ4n) is 3.38. The van der Waals surface area contributed by atoms with Crippen LogP contribution in [0.5, 0.6) is 11.5 Å². The first-order valence-corrected chi connectivity index (χ1v) is 9.85. The Labute approximate surface area is 157 Å². The van der Waals surface area contributed by atoms with Crippen LogP contribution in [0.4, 0.5) is 10.5 Å². The van der Waals surface area contributed by atoms with E-state index in [4.69, 9.17) is 9.47 Å². The van der Waals surface area contributed by atoms with Crippen LogP contribution in [0.25, 0.3) is 0 Å². The Morgan fingerprint density at radius 3 is 2.62 bits per heavy atom. The van der Waals surface area contributed by atoms with Crippen LogP contribution in [0.2, 0.25) is 0 Å². The van der Waals surface area contributed by atoms with E-state index >= 15 is 0 Å². The van der Waals surface area contributed by atoms with Crippen molar-refractivity contribution in [3.05, 3.63) is 18.2 Å². The molecule has 2 aliphatic rings. The van der Waals surface area contributed by atoms with Crippen molar-refractivity contribution in [2.24, 2.45) is 0 Å². The normalized spacial score (nSPS) is 23.8. The van der Waals surface area contributed by atoms with E-state index in [0.29, 0.717) is 28.9 Å². The van der Waals surface area contributed by atoms with Gasteiger partial charge >= 0.3 is 6.03 Å². The third kappa shape index (κ3) is 4.55. The van der Waals surface area contributed by atoms with Gasteiger partial charge in [-0.05, 0) is 12.8 Å². The molecule has 3 atom stereocenters. The summed E-state index contributed by atoms with van der Waals surface area (Å²) in [6, 6.07) is 5.73. The Bertz CT molecular complexity index is 648. The van der Waals surface area contributed by atoms with Crippen molar-refractivity contribution in [3.8, 4) is 11.5 Å². The van der Waals surface area contributed by atoms with Gasteiger partial charge in [0.1, 0.15) is 11.5 Å². The lowest BCUT2D eigenvalue weighted by Gasteiger charge is -2.16. The van der Waals surface area contributed by atoms with Gasteiger partial charge < -0.3 is 25.4 Å². The smallest absolute Gasteiger partial charge is 0.315 e. The predicted octanol–water partition coefficient (Wildman–Crippen LogP) is 2.37. The summed E-state index contributed by atoms with van der Waals surface area (Å²) in [6.07, 6.45) is 3.26. The molecule has 3 N–H and O–H groups in total. The van der Waals surface area contributed by atoms with Crippen molar-refractivity contribution in [1.29, 1.82) is 0 Å². The van der Waals surface area contributed by atoms with Crippen LogP contribution < -0.4 is 25.4 Å². The third-order valence-corrected chi connectivity index (χ3v) is 6.22. The van der Waals surface area contributed by atoms with Crippen molar-refractivity contribution in [2.45, 2.75) is 43.0 Å². The van der Waals surface area contributed by atoms with Gasteiger partial charge in [-0.25, -0.2) is 4.79 Å². The van der Waals surface area contributed by atoms with E-state index in [-0.39, 0.29) is 24.0 Å². The van der Waals surface area contributed by atoms with Crippen LogP contribution >= 0.6 is 11.8 Å². The van der Waals surface area contributed by atoms with Gasteiger partial charge in [-0.1, -0.05) is 6.42 Å². The molecule has 0 aromatic heterocycles. The monoisotopic (exact) mass is 379 g/mol. The van der Waals surface area contributed by atoms with Crippen LogP contribution in [0, 0.1) is 0 Å². The zero-order valence-electron chi connectivity index (χ0n) is 15.0. The minimum atomic E-state index is -0.0570. The molecule has 3 rings (SSSR count). The summed E-state index contributed by atoms with van der Waals surface area (Å²) in [4.78, 5) is 23.6. The highest BCUT2D eigenvalue weighted by Gasteiger charge is 2.42. The molecule has 2 aliphatic heterocycles. The number of thioether (sulfide) groups is 1. The number of anilines is 1. The zero-order chi connectivity index (χ0) is 18.5. The molecular weight excluding hydrogens is 354 g/mol. The minimum absolute atomic E-state index is 0.0203. The van der Waals surface area contributed by atoms with Gasteiger partial charge in [-0.3, -0.25) is 4.79 Å². The van der Waals surface area contributed by atoms with Gasteiger partial charge in [0.2, 0.25) is 5.91 Å². The topological polar surface area (TPSA) is 88.7 Å². The summed E-state index contributed by atoms with van der Waals surface area (Å²) in [5.41, 5.74) is 0.667. The van der Waals surface area contributed by atoms with E-state index in [1.807, 2.05) is 11.8 Å². The Morgan fingerprint density at radius 1 is 1.19 bits per heavy atom. The lowest BCUT2D eigenvalue weighted by atomic mass is 10.0. The number of nitrogens with one attached hydrogen (secondary N) is 3. The molecule has 142 valence electrons. The molecule has 0 unspecified atom stereocenters. The second-order valence-electron chi connectivity index (χ2n) is 6.52. The number of unbranched alkanes of at least 4 members (excludes halogenated alkanes) is 1. The fourth-order valence-corrected chi connectivity index (χ4v) is 4.92. The number of methoxy groups -OCH3 is 2. The second kappa shape index (κ2) is 8.53. The molecule has 26 heavy (non-hydrogen) atoms. The molecule has 2 saturated heterocycles. The molecule has 0 spiro atoms. The zero-order valence-corrected chi connectivity index (χ0v) is 15.9. The van der Waals surface area contributed by atoms with Crippen molar-refractivity contribution < 1.29 is 19.1 Å². The van der Waals surface area contributed by atoms with Crippen molar-refractivity contribution >= 4 is 29.4 Å². The maximum atomic E-state index is 12.2. The van der Waals surface area contributed by atoms with Crippen LogP contribution in [-0.2, 0) is 4.79 Å². The average molecular weight is 379 g/mol. The van der Waals surface area contributed by atoms with Crippen molar-refractivity contribution in [3.63, 3.8) is 0 Å². The number of benzene rings is 1. The number of rotatable bonds is 8. The molecule has 0 saturated carbocycles. The Balaban J connectivity index is 1.40.